The SMILES string of the molecule is CC(C)c1cnc(CC2CC2)nc1. The van der Waals surface area contributed by atoms with Gasteiger partial charge >= 0.3 is 0 Å². The molecular formula is C11H16N2. The molecule has 1 heterocycles. The predicted molar refractivity (Wildman–Crippen MR) is 52.5 cm³/mol. The van der Waals surface area contributed by atoms with Gasteiger partial charge in [-0.25, -0.2) is 9.97 Å². The molecule has 1 aliphatic carbocycles. The fourth-order valence-electron chi connectivity index (χ4n) is 1.35. The molecule has 0 atom stereocenters. The van der Waals surface area contributed by atoms with Gasteiger partial charge in [0.25, 0.3) is 0 Å². The Balaban J connectivity index is 2.04. The van der Waals surface area contributed by atoms with Crippen LogP contribution in [0.4, 0.5) is 0 Å². The first-order chi connectivity index (χ1) is 6.25. The third-order valence-electron chi connectivity index (χ3n) is 2.56. The summed E-state index contributed by atoms with van der Waals surface area (Å²) in [7, 11) is 0. The maximum atomic E-state index is 4.37. The molecule has 0 unspecified atom stereocenters. The fraction of sp³-hybridized carbons (Fsp3) is 0.636. The summed E-state index contributed by atoms with van der Waals surface area (Å²) in [6, 6.07) is 0. The van der Waals surface area contributed by atoms with Crippen molar-refractivity contribution in [2.45, 2.75) is 39.0 Å². The molecule has 1 aliphatic rings. The van der Waals surface area contributed by atoms with Gasteiger partial charge in [-0.1, -0.05) is 13.8 Å². The van der Waals surface area contributed by atoms with Gasteiger partial charge in [0.05, 0.1) is 0 Å². The molecule has 70 valence electrons. The van der Waals surface area contributed by atoms with Crippen LogP contribution in [0.1, 0.15) is 44.0 Å². The smallest absolute Gasteiger partial charge is 0.128 e. The lowest BCUT2D eigenvalue weighted by atomic mass is 10.1. The standard InChI is InChI=1S/C11H16N2/c1-8(2)10-6-12-11(13-7-10)5-9-3-4-9/h6-9H,3-5H2,1-2H3. The second-order valence-electron chi connectivity index (χ2n) is 4.23. The van der Waals surface area contributed by atoms with Crippen LogP contribution in [-0.2, 0) is 6.42 Å². The van der Waals surface area contributed by atoms with Crippen molar-refractivity contribution >= 4 is 0 Å². The Morgan fingerprint density at radius 1 is 1.31 bits per heavy atom. The van der Waals surface area contributed by atoms with E-state index in [0.29, 0.717) is 5.92 Å². The largest absolute Gasteiger partial charge is 0.241 e. The molecule has 1 aromatic rings. The Morgan fingerprint density at radius 3 is 2.38 bits per heavy atom. The second kappa shape index (κ2) is 3.44. The van der Waals surface area contributed by atoms with Crippen molar-refractivity contribution in [3.8, 4) is 0 Å². The molecule has 0 amide bonds. The Hall–Kier alpha value is -0.920. The molecule has 0 bridgehead atoms. The summed E-state index contributed by atoms with van der Waals surface area (Å²) < 4.78 is 0. The topological polar surface area (TPSA) is 25.8 Å². The van der Waals surface area contributed by atoms with E-state index in [1.54, 1.807) is 0 Å². The third kappa shape index (κ3) is 2.27. The molecule has 1 saturated carbocycles. The van der Waals surface area contributed by atoms with Crippen LogP contribution >= 0.6 is 0 Å². The van der Waals surface area contributed by atoms with E-state index in [-0.39, 0.29) is 0 Å². The minimum atomic E-state index is 0.537. The molecule has 2 nitrogen and oxygen atoms in total. The molecule has 13 heavy (non-hydrogen) atoms. The lowest BCUT2D eigenvalue weighted by molar-refractivity contribution is 0.754. The van der Waals surface area contributed by atoms with E-state index < -0.39 is 0 Å². The van der Waals surface area contributed by atoms with Crippen molar-refractivity contribution in [3.05, 3.63) is 23.8 Å². The molecule has 2 heteroatoms. The van der Waals surface area contributed by atoms with Crippen LogP contribution in [-0.4, -0.2) is 9.97 Å². The third-order valence-corrected chi connectivity index (χ3v) is 2.56. The fourth-order valence-corrected chi connectivity index (χ4v) is 1.35. The van der Waals surface area contributed by atoms with E-state index in [1.165, 1.54) is 18.4 Å². The average Bonchev–Trinajstić information content (AvgIpc) is 2.89. The van der Waals surface area contributed by atoms with Crippen LogP contribution < -0.4 is 0 Å². The van der Waals surface area contributed by atoms with Crippen molar-refractivity contribution in [2.24, 2.45) is 5.92 Å². The van der Waals surface area contributed by atoms with Gasteiger partial charge in [-0.15, -0.1) is 0 Å². The Bertz CT molecular complexity index is 273. The monoisotopic (exact) mass is 176 g/mol. The van der Waals surface area contributed by atoms with Crippen LogP contribution in [0.15, 0.2) is 12.4 Å². The first kappa shape index (κ1) is 8.67. The minimum absolute atomic E-state index is 0.537. The van der Waals surface area contributed by atoms with Crippen LogP contribution in [0, 0.1) is 5.92 Å². The predicted octanol–water partition coefficient (Wildman–Crippen LogP) is 2.55. The lowest BCUT2D eigenvalue weighted by Crippen LogP contribution is -1.98. The Kier molecular flexibility index (Phi) is 2.30. The Morgan fingerprint density at radius 2 is 1.92 bits per heavy atom. The number of hydrogen-bond donors (Lipinski definition) is 0. The summed E-state index contributed by atoms with van der Waals surface area (Å²) in [6.45, 7) is 4.33. The molecule has 2 rings (SSSR count). The van der Waals surface area contributed by atoms with E-state index in [4.69, 9.17) is 0 Å². The van der Waals surface area contributed by atoms with Gasteiger partial charge in [0, 0.05) is 18.8 Å². The normalized spacial score (nSPS) is 16.5. The maximum Gasteiger partial charge on any atom is 0.128 e. The number of aromatic nitrogens is 2. The number of hydrogen-bond acceptors (Lipinski definition) is 2. The summed E-state index contributed by atoms with van der Waals surface area (Å²) in [5.41, 5.74) is 1.24. The van der Waals surface area contributed by atoms with E-state index >= 15 is 0 Å². The number of rotatable bonds is 3. The summed E-state index contributed by atoms with van der Waals surface area (Å²) in [6.07, 6.45) is 7.76. The van der Waals surface area contributed by atoms with Crippen molar-refractivity contribution in [1.82, 2.24) is 9.97 Å². The summed E-state index contributed by atoms with van der Waals surface area (Å²) >= 11 is 0. The average molecular weight is 176 g/mol. The van der Waals surface area contributed by atoms with E-state index in [0.717, 1.165) is 18.2 Å². The highest BCUT2D eigenvalue weighted by Gasteiger charge is 2.22. The van der Waals surface area contributed by atoms with Crippen molar-refractivity contribution < 1.29 is 0 Å². The van der Waals surface area contributed by atoms with E-state index in [2.05, 4.69) is 23.8 Å². The van der Waals surface area contributed by atoms with Gasteiger partial charge in [0.2, 0.25) is 0 Å². The van der Waals surface area contributed by atoms with Gasteiger partial charge in [0.15, 0.2) is 0 Å². The van der Waals surface area contributed by atoms with Gasteiger partial charge in [-0.05, 0) is 30.2 Å². The summed E-state index contributed by atoms with van der Waals surface area (Å²) in [5, 5.41) is 0. The molecule has 1 aromatic heterocycles. The van der Waals surface area contributed by atoms with Crippen molar-refractivity contribution in [3.63, 3.8) is 0 Å². The van der Waals surface area contributed by atoms with E-state index in [1.807, 2.05) is 12.4 Å². The highest BCUT2D eigenvalue weighted by atomic mass is 14.9. The zero-order valence-electron chi connectivity index (χ0n) is 8.33. The Labute approximate surface area is 79.4 Å². The number of nitrogens with zero attached hydrogens (tertiary/aromatic N) is 2. The summed E-state index contributed by atoms with van der Waals surface area (Å²) in [5.74, 6) is 2.44. The van der Waals surface area contributed by atoms with Crippen molar-refractivity contribution in [2.75, 3.05) is 0 Å². The highest BCUT2D eigenvalue weighted by molar-refractivity contribution is 5.10. The lowest BCUT2D eigenvalue weighted by Gasteiger charge is -2.04. The first-order valence-corrected chi connectivity index (χ1v) is 5.06. The van der Waals surface area contributed by atoms with Gasteiger partial charge < -0.3 is 0 Å². The zero-order valence-corrected chi connectivity index (χ0v) is 8.33. The van der Waals surface area contributed by atoms with Gasteiger partial charge in [-0.3, -0.25) is 0 Å². The van der Waals surface area contributed by atoms with Crippen LogP contribution in [0.25, 0.3) is 0 Å². The molecule has 0 radical (unpaired) electrons. The highest BCUT2D eigenvalue weighted by Crippen LogP contribution is 2.31. The molecule has 0 saturated heterocycles. The summed E-state index contributed by atoms with van der Waals surface area (Å²) in [4.78, 5) is 8.74. The van der Waals surface area contributed by atoms with Gasteiger partial charge in [0.1, 0.15) is 5.82 Å². The second-order valence-corrected chi connectivity index (χ2v) is 4.23. The molecule has 0 spiro atoms. The quantitative estimate of drug-likeness (QED) is 0.707. The zero-order chi connectivity index (χ0) is 9.26. The molecule has 0 aromatic carbocycles. The van der Waals surface area contributed by atoms with Crippen LogP contribution in [0.2, 0.25) is 0 Å². The molecule has 1 fully saturated rings. The van der Waals surface area contributed by atoms with Crippen LogP contribution in [0.5, 0.6) is 0 Å². The maximum absolute atomic E-state index is 4.37. The molecule has 0 aliphatic heterocycles. The minimum Gasteiger partial charge on any atom is -0.241 e. The molecule has 0 N–H and O–H groups in total. The van der Waals surface area contributed by atoms with Gasteiger partial charge in [-0.2, -0.15) is 0 Å². The van der Waals surface area contributed by atoms with Crippen LogP contribution in [0.3, 0.4) is 0 Å². The van der Waals surface area contributed by atoms with Crippen molar-refractivity contribution in [1.29, 1.82) is 0 Å². The van der Waals surface area contributed by atoms with E-state index in [9.17, 15) is 0 Å². The first-order valence-electron chi connectivity index (χ1n) is 5.06. The molecular weight excluding hydrogens is 160 g/mol.